The Labute approximate surface area is 99.6 Å². The Kier molecular flexibility index (Phi) is 4.37. The standard InChI is InChI=1S/C12H19NO2S/c13-8-10-4-1-2-6-12(10)16(14)9-11-5-3-7-15-11/h10-12H,1-7,9H2. The first-order chi connectivity index (χ1) is 7.81. The van der Waals surface area contributed by atoms with Crippen LogP contribution in [0.15, 0.2) is 0 Å². The van der Waals surface area contributed by atoms with Gasteiger partial charge in [0, 0.05) is 17.4 Å². The highest BCUT2D eigenvalue weighted by atomic mass is 32.2. The molecule has 0 amide bonds. The van der Waals surface area contributed by atoms with Gasteiger partial charge in [0.15, 0.2) is 0 Å². The van der Waals surface area contributed by atoms with Gasteiger partial charge in [0.2, 0.25) is 0 Å². The third kappa shape index (κ3) is 2.83. The minimum absolute atomic E-state index is 0.0102. The van der Waals surface area contributed by atoms with Gasteiger partial charge in [-0.2, -0.15) is 5.26 Å². The number of nitriles is 1. The summed E-state index contributed by atoms with van der Waals surface area (Å²) in [6.45, 7) is 0.814. The van der Waals surface area contributed by atoms with Gasteiger partial charge in [-0.05, 0) is 25.7 Å². The molecule has 3 nitrogen and oxygen atoms in total. The summed E-state index contributed by atoms with van der Waals surface area (Å²) >= 11 is 0. The highest BCUT2D eigenvalue weighted by Crippen LogP contribution is 2.29. The van der Waals surface area contributed by atoms with Crippen molar-refractivity contribution in [3.05, 3.63) is 0 Å². The normalized spacial score (nSPS) is 36.8. The van der Waals surface area contributed by atoms with E-state index in [4.69, 9.17) is 10.00 Å². The van der Waals surface area contributed by atoms with Gasteiger partial charge < -0.3 is 4.74 Å². The fraction of sp³-hybridized carbons (Fsp3) is 0.917. The zero-order valence-corrected chi connectivity index (χ0v) is 10.4. The fourth-order valence-electron chi connectivity index (χ4n) is 2.64. The van der Waals surface area contributed by atoms with Crippen molar-refractivity contribution >= 4 is 10.8 Å². The van der Waals surface area contributed by atoms with Crippen molar-refractivity contribution in [2.75, 3.05) is 12.4 Å². The van der Waals surface area contributed by atoms with Gasteiger partial charge in [0.1, 0.15) is 0 Å². The van der Waals surface area contributed by atoms with Crippen molar-refractivity contribution in [2.24, 2.45) is 5.92 Å². The molecule has 4 unspecified atom stereocenters. The van der Waals surface area contributed by atoms with Crippen LogP contribution in [0.4, 0.5) is 0 Å². The van der Waals surface area contributed by atoms with E-state index in [2.05, 4.69) is 6.07 Å². The van der Waals surface area contributed by atoms with Gasteiger partial charge >= 0.3 is 0 Å². The Hall–Kier alpha value is -0.400. The second-order valence-corrected chi connectivity index (χ2v) is 6.44. The summed E-state index contributed by atoms with van der Waals surface area (Å²) in [5, 5.41) is 9.16. The minimum atomic E-state index is -0.874. The molecule has 1 aliphatic carbocycles. The van der Waals surface area contributed by atoms with Gasteiger partial charge in [-0.1, -0.05) is 12.8 Å². The maximum Gasteiger partial charge on any atom is 0.0691 e. The molecule has 1 saturated carbocycles. The van der Waals surface area contributed by atoms with E-state index in [1.807, 2.05) is 0 Å². The molecule has 2 rings (SSSR count). The molecule has 90 valence electrons. The van der Waals surface area contributed by atoms with Crippen molar-refractivity contribution < 1.29 is 8.95 Å². The van der Waals surface area contributed by atoms with Crippen LogP contribution in [0.1, 0.15) is 38.5 Å². The SMILES string of the molecule is N#CC1CCCCC1S(=O)CC1CCCO1. The molecular formula is C12H19NO2S. The molecule has 0 aromatic carbocycles. The maximum absolute atomic E-state index is 12.2. The Morgan fingerprint density at radius 2 is 2.06 bits per heavy atom. The smallest absolute Gasteiger partial charge is 0.0691 e. The third-order valence-corrected chi connectivity index (χ3v) is 5.52. The molecule has 0 aromatic rings. The first kappa shape index (κ1) is 12.1. The van der Waals surface area contributed by atoms with Crippen molar-refractivity contribution in [2.45, 2.75) is 49.9 Å². The van der Waals surface area contributed by atoms with Crippen molar-refractivity contribution in [3.63, 3.8) is 0 Å². The average molecular weight is 241 g/mol. The van der Waals surface area contributed by atoms with Crippen LogP contribution in [-0.4, -0.2) is 27.9 Å². The Morgan fingerprint density at radius 1 is 1.25 bits per heavy atom. The van der Waals surface area contributed by atoms with E-state index in [0.29, 0.717) is 5.75 Å². The first-order valence-electron chi connectivity index (χ1n) is 6.19. The predicted octanol–water partition coefficient (Wildman–Crippen LogP) is 2.00. The van der Waals surface area contributed by atoms with Gasteiger partial charge in [0.05, 0.1) is 29.1 Å². The van der Waals surface area contributed by atoms with Crippen LogP contribution in [0.3, 0.4) is 0 Å². The topological polar surface area (TPSA) is 50.1 Å². The average Bonchev–Trinajstić information content (AvgIpc) is 2.81. The van der Waals surface area contributed by atoms with E-state index in [9.17, 15) is 4.21 Å². The van der Waals surface area contributed by atoms with Crippen LogP contribution in [0.25, 0.3) is 0 Å². The number of nitrogens with zero attached hydrogens (tertiary/aromatic N) is 1. The lowest BCUT2D eigenvalue weighted by Gasteiger charge is -2.26. The molecule has 0 bridgehead atoms. The van der Waals surface area contributed by atoms with Crippen LogP contribution in [-0.2, 0) is 15.5 Å². The summed E-state index contributed by atoms with van der Waals surface area (Å²) in [4.78, 5) is 0. The molecule has 0 spiro atoms. The second kappa shape index (κ2) is 5.79. The van der Waals surface area contributed by atoms with Crippen LogP contribution in [0.2, 0.25) is 0 Å². The van der Waals surface area contributed by atoms with Gasteiger partial charge in [0.25, 0.3) is 0 Å². The summed E-state index contributed by atoms with van der Waals surface area (Å²) in [6.07, 6.45) is 6.44. The van der Waals surface area contributed by atoms with Crippen molar-refractivity contribution in [1.82, 2.24) is 0 Å². The quantitative estimate of drug-likeness (QED) is 0.759. The van der Waals surface area contributed by atoms with E-state index < -0.39 is 10.8 Å². The van der Waals surface area contributed by atoms with Gasteiger partial charge in [-0.3, -0.25) is 4.21 Å². The molecule has 1 heterocycles. The Balaban J connectivity index is 1.89. The minimum Gasteiger partial charge on any atom is -0.377 e. The molecule has 0 radical (unpaired) electrons. The number of hydrogen-bond acceptors (Lipinski definition) is 3. The van der Waals surface area contributed by atoms with Crippen molar-refractivity contribution in [1.29, 1.82) is 5.26 Å². The monoisotopic (exact) mass is 241 g/mol. The molecule has 1 saturated heterocycles. The maximum atomic E-state index is 12.2. The number of ether oxygens (including phenoxy) is 1. The molecule has 2 fully saturated rings. The largest absolute Gasteiger partial charge is 0.377 e. The number of rotatable bonds is 3. The zero-order chi connectivity index (χ0) is 11.4. The number of hydrogen-bond donors (Lipinski definition) is 0. The second-order valence-electron chi connectivity index (χ2n) is 4.74. The summed E-state index contributed by atoms with van der Waals surface area (Å²) in [6, 6.07) is 2.33. The van der Waals surface area contributed by atoms with Crippen molar-refractivity contribution in [3.8, 4) is 6.07 Å². The molecule has 4 atom stereocenters. The predicted molar refractivity (Wildman–Crippen MR) is 63.3 cm³/mol. The van der Waals surface area contributed by atoms with E-state index >= 15 is 0 Å². The van der Waals surface area contributed by atoms with Crippen LogP contribution >= 0.6 is 0 Å². The lowest BCUT2D eigenvalue weighted by Crippen LogP contribution is -2.32. The van der Waals surface area contributed by atoms with Crippen LogP contribution in [0.5, 0.6) is 0 Å². The highest BCUT2D eigenvalue weighted by molar-refractivity contribution is 7.85. The molecule has 0 aromatic heterocycles. The Morgan fingerprint density at radius 3 is 2.75 bits per heavy atom. The summed E-state index contributed by atoms with van der Waals surface area (Å²) in [5.74, 6) is 0.652. The third-order valence-electron chi connectivity index (χ3n) is 3.58. The highest BCUT2D eigenvalue weighted by Gasteiger charge is 2.31. The molecule has 0 N–H and O–H groups in total. The molecular weight excluding hydrogens is 222 g/mol. The van der Waals surface area contributed by atoms with E-state index in [0.717, 1.165) is 45.1 Å². The van der Waals surface area contributed by atoms with Gasteiger partial charge in [-0.25, -0.2) is 0 Å². The molecule has 1 aliphatic heterocycles. The summed E-state index contributed by atoms with van der Waals surface area (Å²) in [7, 11) is -0.874. The van der Waals surface area contributed by atoms with Crippen LogP contribution in [0, 0.1) is 17.2 Å². The Bertz CT molecular complexity index is 294. The van der Waals surface area contributed by atoms with E-state index in [1.54, 1.807) is 0 Å². The van der Waals surface area contributed by atoms with E-state index in [-0.39, 0.29) is 17.3 Å². The van der Waals surface area contributed by atoms with E-state index in [1.165, 1.54) is 0 Å². The summed E-state index contributed by atoms with van der Waals surface area (Å²) in [5.41, 5.74) is 0. The lowest BCUT2D eigenvalue weighted by molar-refractivity contribution is 0.128. The van der Waals surface area contributed by atoms with Crippen LogP contribution < -0.4 is 0 Å². The molecule has 2 aliphatic rings. The zero-order valence-electron chi connectivity index (χ0n) is 9.56. The first-order valence-corrected chi connectivity index (χ1v) is 7.58. The lowest BCUT2D eigenvalue weighted by atomic mass is 9.90. The molecule has 16 heavy (non-hydrogen) atoms. The van der Waals surface area contributed by atoms with Gasteiger partial charge in [-0.15, -0.1) is 0 Å². The summed E-state index contributed by atoms with van der Waals surface area (Å²) < 4.78 is 17.7. The molecule has 4 heteroatoms. The fourth-order valence-corrected chi connectivity index (χ4v) is 4.51.